The molecule has 2 rings (SSSR count). The molecule has 0 aliphatic carbocycles. The van der Waals surface area contributed by atoms with Gasteiger partial charge in [0.2, 0.25) is 5.67 Å². The summed E-state index contributed by atoms with van der Waals surface area (Å²) < 4.78 is 19.9. The van der Waals surface area contributed by atoms with Gasteiger partial charge in [0.05, 0.1) is 7.11 Å². The fraction of sp³-hybridized carbons (Fsp3) is 0.188. The number of methoxy groups -OCH3 is 1. The maximum atomic E-state index is 14.9. The van der Waals surface area contributed by atoms with Gasteiger partial charge in [0.25, 0.3) is 0 Å². The van der Waals surface area contributed by atoms with Gasteiger partial charge in [-0.15, -0.1) is 0 Å². The van der Waals surface area contributed by atoms with Crippen molar-refractivity contribution in [3.63, 3.8) is 0 Å². The summed E-state index contributed by atoms with van der Waals surface area (Å²) in [6.45, 7) is 0. The smallest absolute Gasteiger partial charge is 0.346 e. The molecule has 0 spiro atoms. The molecule has 0 amide bonds. The topological polar surface area (TPSA) is 46.5 Å². The zero-order valence-corrected chi connectivity index (χ0v) is 11.0. The maximum absolute atomic E-state index is 14.9. The summed E-state index contributed by atoms with van der Waals surface area (Å²) in [7, 11) is 1.54. The van der Waals surface area contributed by atoms with Crippen molar-refractivity contribution in [2.75, 3.05) is 7.11 Å². The summed E-state index contributed by atoms with van der Waals surface area (Å²) in [6, 6.07) is 14.6. The van der Waals surface area contributed by atoms with Gasteiger partial charge in [-0.3, -0.25) is 0 Å². The van der Waals surface area contributed by atoms with Crippen molar-refractivity contribution in [1.82, 2.24) is 0 Å². The zero-order valence-electron chi connectivity index (χ0n) is 11.0. The molecule has 2 aromatic rings. The van der Waals surface area contributed by atoms with E-state index in [9.17, 15) is 14.3 Å². The number of alkyl halides is 1. The Morgan fingerprint density at radius 3 is 2.25 bits per heavy atom. The first-order chi connectivity index (χ1) is 9.56. The van der Waals surface area contributed by atoms with E-state index in [0.29, 0.717) is 11.3 Å². The molecule has 0 fully saturated rings. The molecule has 1 N–H and O–H groups in total. The number of hydrogen-bond acceptors (Lipinski definition) is 2. The number of carboxylic acids is 1. The average Bonchev–Trinajstić information content (AvgIpc) is 2.48. The third-order valence-corrected chi connectivity index (χ3v) is 3.18. The molecule has 0 aliphatic heterocycles. The molecule has 3 nitrogen and oxygen atoms in total. The molecule has 0 aliphatic rings. The summed E-state index contributed by atoms with van der Waals surface area (Å²) in [6.07, 6.45) is -0.226. The molecule has 0 bridgehead atoms. The third kappa shape index (κ3) is 2.79. The lowest BCUT2D eigenvalue weighted by molar-refractivity contribution is -0.151. The normalized spacial score (nSPS) is 13.5. The Kier molecular flexibility index (Phi) is 4.03. The van der Waals surface area contributed by atoms with E-state index in [-0.39, 0.29) is 12.0 Å². The molecule has 104 valence electrons. The first-order valence-electron chi connectivity index (χ1n) is 6.17. The van der Waals surface area contributed by atoms with Crippen molar-refractivity contribution in [2.45, 2.75) is 12.1 Å². The van der Waals surface area contributed by atoms with Gasteiger partial charge in [-0.25, -0.2) is 9.18 Å². The fourth-order valence-corrected chi connectivity index (χ4v) is 2.03. The van der Waals surface area contributed by atoms with Crippen LogP contribution in [-0.4, -0.2) is 18.2 Å². The molecule has 0 saturated heterocycles. The van der Waals surface area contributed by atoms with Crippen LogP contribution in [0.3, 0.4) is 0 Å². The maximum Gasteiger partial charge on any atom is 0.346 e. The summed E-state index contributed by atoms with van der Waals surface area (Å²) >= 11 is 0. The van der Waals surface area contributed by atoms with Gasteiger partial charge in [0.15, 0.2) is 0 Å². The summed E-state index contributed by atoms with van der Waals surface area (Å²) in [5.74, 6) is -0.840. The van der Waals surface area contributed by atoms with Crippen LogP contribution in [0.4, 0.5) is 4.39 Å². The highest BCUT2D eigenvalue weighted by atomic mass is 19.1. The second-order valence-electron chi connectivity index (χ2n) is 4.50. The molecule has 0 radical (unpaired) electrons. The minimum absolute atomic E-state index is 0.142. The second kappa shape index (κ2) is 5.74. The highest BCUT2D eigenvalue weighted by molar-refractivity contribution is 5.79. The highest BCUT2D eigenvalue weighted by Crippen LogP contribution is 2.31. The zero-order chi connectivity index (χ0) is 14.6. The van der Waals surface area contributed by atoms with Crippen molar-refractivity contribution in [1.29, 1.82) is 0 Å². The van der Waals surface area contributed by atoms with Crippen LogP contribution in [0.25, 0.3) is 0 Å². The van der Waals surface area contributed by atoms with Crippen LogP contribution < -0.4 is 4.74 Å². The van der Waals surface area contributed by atoms with E-state index in [1.54, 1.807) is 42.5 Å². The Hall–Kier alpha value is -2.36. The van der Waals surface area contributed by atoms with Crippen LogP contribution in [0.2, 0.25) is 0 Å². The van der Waals surface area contributed by atoms with Gasteiger partial charge in [-0.1, -0.05) is 42.5 Å². The summed E-state index contributed by atoms with van der Waals surface area (Å²) in [4.78, 5) is 11.3. The van der Waals surface area contributed by atoms with Crippen molar-refractivity contribution in [3.05, 3.63) is 65.7 Å². The highest BCUT2D eigenvalue weighted by Gasteiger charge is 2.40. The molecular formula is C16H15FO3. The molecule has 2 aromatic carbocycles. The molecule has 0 saturated carbocycles. The standard InChI is InChI=1S/C16H15FO3/c1-20-14-9-7-12(8-10-14)11-16(17,15(18)19)13-5-3-2-4-6-13/h2-10H,11H2,1H3,(H,18,19). The second-order valence-corrected chi connectivity index (χ2v) is 4.50. The molecular weight excluding hydrogens is 259 g/mol. The van der Waals surface area contributed by atoms with Crippen molar-refractivity contribution in [3.8, 4) is 5.75 Å². The lowest BCUT2D eigenvalue weighted by Gasteiger charge is -2.21. The first-order valence-corrected chi connectivity index (χ1v) is 6.17. The summed E-state index contributed by atoms with van der Waals surface area (Å²) in [5, 5.41) is 9.25. The van der Waals surface area contributed by atoms with Gasteiger partial charge in [0.1, 0.15) is 5.75 Å². The largest absolute Gasteiger partial charge is 0.497 e. The van der Waals surface area contributed by atoms with Crippen LogP contribution >= 0.6 is 0 Å². The lowest BCUT2D eigenvalue weighted by Crippen LogP contribution is -2.33. The van der Waals surface area contributed by atoms with E-state index in [1.165, 1.54) is 19.2 Å². The van der Waals surface area contributed by atoms with Crippen LogP contribution in [0.1, 0.15) is 11.1 Å². The third-order valence-electron chi connectivity index (χ3n) is 3.18. The van der Waals surface area contributed by atoms with E-state index < -0.39 is 11.6 Å². The van der Waals surface area contributed by atoms with Crippen LogP contribution in [0, 0.1) is 0 Å². The van der Waals surface area contributed by atoms with Gasteiger partial charge in [-0.05, 0) is 17.7 Å². The van der Waals surface area contributed by atoms with Crippen molar-refractivity contribution in [2.24, 2.45) is 0 Å². The number of rotatable bonds is 5. The number of hydrogen-bond donors (Lipinski definition) is 1. The monoisotopic (exact) mass is 274 g/mol. The average molecular weight is 274 g/mol. The van der Waals surface area contributed by atoms with Gasteiger partial charge < -0.3 is 9.84 Å². The number of benzene rings is 2. The van der Waals surface area contributed by atoms with Crippen LogP contribution in [0.15, 0.2) is 54.6 Å². The van der Waals surface area contributed by atoms with Crippen molar-refractivity contribution < 1.29 is 19.0 Å². The molecule has 0 heterocycles. The van der Waals surface area contributed by atoms with E-state index in [0.717, 1.165) is 0 Å². The minimum atomic E-state index is -2.43. The van der Waals surface area contributed by atoms with Gasteiger partial charge >= 0.3 is 5.97 Å². The van der Waals surface area contributed by atoms with Crippen LogP contribution in [-0.2, 0) is 16.9 Å². The number of carbonyl (C=O) groups is 1. The van der Waals surface area contributed by atoms with E-state index >= 15 is 0 Å². The Morgan fingerprint density at radius 2 is 1.75 bits per heavy atom. The number of aliphatic carboxylic acids is 1. The van der Waals surface area contributed by atoms with Gasteiger partial charge in [-0.2, -0.15) is 0 Å². The predicted molar refractivity (Wildman–Crippen MR) is 73.6 cm³/mol. The van der Waals surface area contributed by atoms with Crippen molar-refractivity contribution >= 4 is 5.97 Å². The summed E-state index contributed by atoms with van der Waals surface area (Å²) in [5.41, 5.74) is -1.70. The Bertz CT molecular complexity index is 580. The van der Waals surface area contributed by atoms with Gasteiger partial charge in [0, 0.05) is 12.0 Å². The SMILES string of the molecule is COc1ccc(CC(F)(C(=O)O)c2ccccc2)cc1. The number of ether oxygens (including phenoxy) is 1. The van der Waals surface area contributed by atoms with E-state index in [4.69, 9.17) is 4.74 Å². The predicted octanol–water partition coefficient (Wildman–Crippen LogP) is 3.19. The number of halogens is 1. The van der Waals surface area contributed by atoms with E-state index in [1.807, 2.05) is 0 Å². The van der Waals surface area contributed by atoms with E-state index in [2.05, 4.69) is 0 Å². The fourth-order valence-electron chi connectivity index (χ4n) is 2.03. The number of carboxylic acid groups (broad SMARTS) is 1. The Balaban J connectivity index is 2.32. The van der Waals surface area contributed by atoms with Crippen LogP contribution in [0.5, 0.6) is 5.75 Å². The molecule has 20 heavy (non-hydrogen) atoms. The molecule has 1 unspecified atom stereocenters. The quantitative estimate of drug-likeness (QED) is 0.910. The lowest BCUT2D eigenvalue weighted by atomic mass is 9.89. The minimum Gasteiger partial charge on any atom is -0.497 e. The Labute approximate surface area is 116 Å². The molecule has 1 atom stereocenters. The molecule has 0 aromatic heterocycles. The first kappa shape index (κ1) is 14.1. The molecule has 4 heteroatoms. The Morgan fingerprint density at radius 1 is 1.15 bits per heavy atom.